The number of amides is 2. The molecule has 2 amide bonds. The zero-order valence-electron chi connectivity index (χ0n) is 17.4. The van der Waals surface area contributed by atoms with Gasteiger partial charge in [-0.25, -0.2) is 4.98 Å². The van der Waals surface area contributed by atoms with Gasteiger partial charge in [-0.2, -0.15) is 0 Å². The summed E-state index contributed by atoms with van der Waals surface area (Å²) in [6.45, 7) is 5.35. The van der Waals surface area contributed by atoms with Gasteiger partial charge < -0.3 is 20.9 Å². The van der Waals surface area contributed by atoms with Crippen LogP contribution in [0.4, 0.5) is 0 Å². The molecule has 2 aromatic carbocycles. The third-order valence-corrected chi connectivity index (χ3v) is 5.53. The number of nitrogens with zero attached hydrogens (tertiary/aromatic N) is 2. The molecule has 0 aliphatic heterocycles. The number of halogens is 2. The number of imidazole rings is 1. The number of fused-ring (bicyclic) bond motifs is 1. The Morgan fingerprint density at radius 2 is 2.00 bits per heavy atom. The molecule has 7 nitrogen and oxygen atoms in total. The first-order valence-corrected chi connectivity index (χ1v) is 10.8. The maximum Gasteiger partial charge on any atom is 0.255 e. The highest BCUT2D eigenvalue weighted by Gasteiger charge is 2.20. The van der Waals surface area contributed by atoms with Crippen molar-refractivity contribution in [1.29, 1.82) is 0 Å². The number of nitrogens with two attached hydrogens (primary N) is 1. The van der Waals surface area contributed by atoms with E-state index in [2.05, 4.69) is 15.3 Å². The van der Waals surface area contributed by atoms with Gasteiger partial charge in [-0.15, -0.1) is 0 Å². The minimum atomic E-state index is -0.370. The molecule has 1 aromatic heterocycles. The van der Waals surface area contributed by atoms with E-state index in [-0.39, 0.29) is 22.9 Å². The molecule has 0 saturated heterocycles. The maximum absolute atomic E-state index is 12.7. The van der Waals surface area contributed by atoms with Gasteiger partial charge in [0.05, 0.1) is 27.7 Å². The largest absolute Gasteiger partial charge is 0.342 e. The third kappa shape index (κ3) is 5.36. The van der Waals surface area contributed by atoms with Crippen LogP contribution >= 0.6 is 23.2 Å². The second-order valence-electron chi connectivity index (χ2n) is 7.20. The van der Waals surface area contributed by atoms with Gasteiger partial charge in [0.15, 0.2) is 0 Å². The summed E-state index contributed by atoms with van der Waals surface area (Å²) in [6.07, 6.45) is 0.712. The molecule has 1 atom stereocenters. The van der Waals surface area contributed by atoms with Crippen molar-refractivity contribution in [3.05, 3.63) is 63.4 Å². The molecule has 164 valence electrons. The van der Waals surface area contributed by atoms with Crippen LogP contribution in [-0.4, -0.2) is 46.3 Å². The summed E-state index contributed by atoms with van der Waals surface area (Å²) in [5.41, 5.74) is 7.82. The minimum Gasteiger partial charge on any atom is -0.342 e. The number of carbonyl (C=O) groups is 2. The molecule has 31 heavy (non-hydrogen) atoms. The molecule has 4 N–H and O–H groups in total. The fraction of sp³-hybridized carbons (Fsp3) is 0.318. The Labute approximate surface area is 190 Å². The van der Waals surface area contributed by atoms with Crippen LogP contribution in [0.25, 0.3) is 11.0 Å². The van der Waals surface area contributed by atoms with Gasteiger partial charge in [0.25, 0.3) is 11.8 Å². The van der Waals surface area contributed by atoms with Crippen molar-refractivity contribution in [2.24, 2.45) is 5.73 Å². The number of hydrogen-bond acceptors (Lipinski definition) is 4. The molecule has 9 heteroatoms. The first kappa shape index (κ1) is 23.1. The van der Waals surface area contributed by atoms with Gasteiger partial charge in [0.1, 0.15) is 5.82 Å². The zero-order chi connectivity index (χ0) is 22.5. The van der Waals surface area contributed by atoms with Crippen LogP contribution in [0.3, 0.4) is 0 Å². The molecule has 0 radical (unpaired) electrons. The molecule has 0 saturated carbocycles. The molecule has 1 heterocycles. The first-order valence-electron chi connectivity index (χ1n) is 10.1. The van der Waals surface area contributed by atoms with Gasteiger partial charge in [-0.1, -0.05) is 23.2 Å². The molecule has 3 aromatic rings. The third-order valence-electron chi connectivity index (χ3n) is 4.98. The van der Waals surface area contributed by atoms with E-state index >= 15 is 0 Å². The molecule has 0 fully saturated rings. The highest BCUT2D eigenvalue weighted by molar-refractivity contribution is 6.34. The number of aromatic nitrogens is 2. The first-order chi connectivity index (χ1) is 14.8. The molecule has 1 unspecified atom stereocenters. The number of aromatic amines is 1. The van der Waals surface area contributed by atoms with Crippen molar-refractivity contribution in [3.63, 3.8) is 0 Å². The number of H-pyrrole nitrogens is 1. The molecule has 0 bridgehead atoms. The summed E-state index contributed by atoms with van der Waals surface area (Å²) < 4.78 is 0. The normalized spacial score (nSPS) is 12.0. The maximum atomic E-state index is 12.7. The van der Waals surface area contributed by atoms with E-state index in [4.69, 9.17) is 28.9 Å². The van der Waals surface area contributed by atoms with Gasteiger partial charge >= 0.3 is 0 Å². The second-order valence-corrected chi connectivity index (χ2v) is 8.04. The van der Waals surface area contributed by atoms with Gasteiger partial charge in [-0.3, -0.25) is 9.59 Å². The Hall–Kier alpha value is -2.61. The second kappa shape index (κ2) is 10.1. The van der Waals surface area contributed by atoms with Crippen LogP contribution in [0.1, 0.15) is 52.9 Å². The predicted molar refractivity (Wildman–Crippen MR) is 124 cm³/mol. The fourth-order valence-corrected chi connectivity index (χ4v) is 3.67. The summed E-state index contributed by atoms with van der Waals surface area (Å²) >= 11 is 12.4. The van der Waals surface area contributed by atoms with Crippen LogP contribution in [0.2, 0.25) is 10.0 Å². The summed E-state index contributed by atoms with van der Waals surface area (Å²) in [6, 6.07) is 9.67. The smallest absolute Gasteiger partial charge is 0.255 e. The Bertz CT molecular complexity index is 1100. The average Bonchev–Trinajstić information content (AvgIpc) is 3.17. The monoisotopic (exact) mass is 461 g/mol. The van der Waals surface area contributed by atoms with E-state index in [9.17, 15) is 9.59 Å². The van der Waals surface area contributed by atoms with Crippen LogP contribution in [0.5, 0.6) is 0 Å². The quantitative estimate of drug-likeness (QED) is 0.467. The number of rotatable bonds is 8. The van der Waals surface area contributed by atoms with Crippen molar-refractivity contribution >= 4 is 46.0 Å². The molecule has 0 aliphatic carbocycles. The average molecular weight is 462 g/mol. The highest BCUT2D eigenvalue weighted by atomic mass is 35.5. The summed E-state index contributed by atoms with van der Waals surface area (Å²) in [7, 11) is 0. The predicted octanol–water partition coefficient (Wildman–Crippen LogP) is 4.17. The number of hydrogen-bond donors (Lipinski definition) is 3. The van der Waals surface area contributed by atoms with E-state index in [1.165, 1.54) is 6.07 Å². The Morgan fingerprint density at radius 1 is 1.23 bits per heavy atom. The zero-order valence-corrected chi connectivity index (χ0v) is 18.9. The molecule has 3 rings (SSSR count). The Kier molecular flexibility index (Phi) is 7.54. The van der Waals surface area contributed by atoms with Crippen molar-refractivity contribution in [3.8, 4) is 0 Å². The molecule has 0 spiro atoms. The van der Waals surface area contributed by atoms with Crippen LogP contribution in [-0.2, 0) is 0 Å². The molecular formula is C22H25Cl2N5O2. The van der Waals surface area contributed by atoms with Gasteiger partial charge in [0.2, 0.25) is 0 Å². The van der Waals surface area contributed by atoms with Gasteiger partial charge in [0, 0.05) is 23.7 Å². The fourth-order valence-electron chi connectivity index (χ4n) is 3.24. The van der Waals surface area contributed by atoms with Crippen molar-refractivity contribution < 1.29 is 9.59 Å². The lowest BCUT2D eigenvalue weighted by atomic mass is 10.1. The molecule has 0 aliphatic rings. The number of benzene rings is 2. The van der Waals surface area contributed by atoms with Crippen LogP contribution < -0.4 is 11.1 Å². The topological polar surface area (TPSA) is 104 Å². The van der Waals surface area contributed by atoms with Crippen molar-refractivity contribution in [2.75, 3.05) is 19.6 Å². The summed E-state index contributed by atoms with van der Waals surface area (Å²) in [4.78, 5) is 34.8. The molecular weight excluding hydrogens is 437 g/mol. The summed E-state index contributed by atoms with van der Waals surface area (Å²) in [5.74, 6) is 0.117. The van der Waals surface area contributed by atoms with E-state index in [1.807, 2.05) is 19.9 Å². The Balaban J connectivity index is 1.72. The summed E-state index contributed by atoms with van der Waals surface area (Å²) in [5, 5.41) is 3.73. The van der Waals surface area contributed by atoms with Crippen LogP contribution in [0, 0.1) is 0 Å². The highest BCUT2D eigenvalue weighted by Crippen LogP contribution is 2.22. The van der Waals surface area contributed by atoms with E-state index < -0.39 is 0 Å². The SMILES string of the molecule is CCN(CCCN)C(=O)c1ccc(C(=O)NC(C)c2nc3ccc(Cl)cc3[nH]2)cc1Cl. The van der Waals surface area contributed by atoms with Crippen molar-refractivity contribution in [1.82, 2.24) is 20.2 Å². The number of carbonyl (C=O) groups excluding carboxylic acids is 2. The lowest BCUT2D eigenvalue weighted by molar-refractivity contribution is 0.0763. The van der Waals surface area contributed by atoms with E-state index in [1.54, 1.807) is 29.2 Å². The van der Waals surface area contributed by atoms with E-state index in [0.29, 0.717) is 48.0 Å². The Morgan fingerprint density at radius 3 is 2.68 bits per heavy atom. The lowest BCUT2D eigenvalue weighted by Gasteiger charge is -2.21. The van der Waals surface area contributed by atoms with Crippen LogP contribution in [0.15, 0.2) is 36.4 Å². The lowest BCUT2D eigenvalue weighted by Crippen LogP contribution is -2.33. The minimum absolute atomic E-state index is 0.179. The van der Waals surface area contributed by atoms with Gasteiger partial charge in [-0.05, 0) is 63.2 Å². The number of nitrogens with one attached hydrogen (secondary N) is 2. The van der Waals surface area contributed by atoms with Crippen molar-refractivity contribution in [2.45, 2.75) is 26.3 Å². The van der Waals surface area contributed by atoms with E-state index in [0.717, 1.165) is 11.0 Å². The standard InChI is InChI=1S/C22H25Cl2N5O2/c1-3-29(10-4-9-25)22(31)16-7-5-14(11-17(16)24)21(30)26-13(2)20-27-18-8-6-15(23)12-19(18)28-20/h5-8,11-13H,3-4,9-10,25H2,1-2H3,(H,26,30)(H,27,28).